The van der Waals surface area contributed by atoms with Crippen molar-refractivity contribution < 1.29 is 33.0 Å². The molecule has 0 saturated heterocycles. The molecule has 0 bridgehead atoms. The van der Waals surface area contributed by atoms with Crippen LogP contribution in [0.1, 0.15) is 59.9 Å². The third-order valence-electron chi connectivity index (χ3n) is 5.22. The van der Waals surface area contributed by atoms with E-state index in [-0.39, 0.29) is 35.3 Å². The van der Waals surface area contributed by atoms with Crippen LogP contribution in [0.5, 0.6) is 11.5 Å². The van der Waals surface area contributed by atoms with E-state index >= 15 is 0 Å². The molecule has 1 aliphatic rings. The Balaban J connectivity index is 1.85. The van der Waals surface area contributed by atoms with Gasteiger partial charge in [0.05, 0.1) is 24.0 Å². The lowest BCUT2D eigenvalue weighted by molar-refractivity contribution is -0.149. The van der Waals surface area contributed by atoms with Crippen LogP contribution in [-0.4, -0.2) is 34.5 Å². The van der Waals surface area contributed by atoms with Crippen LogP contribution in [-0.2, 0) is 38.1 Å². The van der Waals surface area contributed by atoms with Gasteiger partial charge in [0.2, 0.25) is 0 Å². The number of carbonyl (C=O) groups excluding carboxylic acids is 2. The Morgan fingerprint density at radius 1 is 1.27 bits per heavy atom. The van der Waals surface area contributed by atoms with E-state index in [0.717, 1.165) is 24.8 Å². The summed E-state index contributed by atoms with van der Waals surface area (Å²) in [4.78, 5) is 27.8. The number of aromatic nitrogens is 1. The molecule has 178 valence electrons. The zero-order valence-electron chi connectivity index (χ0n) is 19.2. The maximum Gasteiger partial charge on any atom is 0.459 e. The molecule has 1 aromatic heterocycles. The fourth-order valence-corrected chi connectivity index (χ4v) is 4.97. The number of aromatic hydroxyl groups is 1. The van der Waals surface area contributed by atoms with E-state index in [1.54, 1.807) is 26.8 Å². The lowest BCUT2D eigenvalue weighted by Crippen LogP contribution is -2.36. The van der Waals surface area contributed by atoms with Crippen LogP contribution in [0.3, 0.4) is 0 Å². The van der Waals surface area contributed by atoms with Gasteiger partial charge in [-0.1, -0.05) is 6.07 Å². The van der Waals surface area contributed by atoms with Gasteiger partial charge in [-0.05, 0) is 70.2 Å². The first-order chi connectivity index (χ1) is 15.6. The minimum absolute atomic E-state index is 0.0150. The van der Waals surface area contributed by atoms with Crippen LogP contribution in [0, 0.1) is 6.92 Å². The maximum atomic E-state index is 13.7. The number of aryl methyl sites for hydroxylation is 3. The fourth-order valence-electron chi connectivity index (χ4n) is 3.51. The topological polar surface area (TPSA) is 124 Å². The summed E-state index contributed by atoms with van der Waals surface area (Å²) in [6, 6.07) is 4.44. The highest BCUT2D eigenvalue weighted by atomic mass is 31.2. The van der Waals surface area contributed by atoms with E-state index in [1.165, 1.54) is 18.7 Å². The Hall–Kier alpha value is -2.74. The first-order valence-corrected chi connectivity index (χ1v) is 12.3. The maximum absolute atomic E-state index is 13.7. The monoisotopic (exact) mass is 476 g/mol. The highest BCUT2D eigenvalue weighted by molar-refractivity contribution is 7.52. The lowest BCUT2D eigenvalue weighted by Gasteiger charge is -2.24. The zero-order chi connectivity index (χ0) is 24.2. The van der Waals surface area contributed by atoms with Crippen molar-refractivity contribution in [2.24, 2.45) is 0 Å². The number of aldehydes is 1. The number of hydrogen-bond donors (Lipinski definition) is 2. The summed E-state index contributed by atoms with van der Waals surface area (Å²) in [5, 5.41) is 12.7. The van der Waals surface area contributed by atoms with Crippen molar-refractivity contribution in [2.45, 2.75) is 65.7 Å². The third-order valence-corrected chi connectivity index (χ3v) is 6.84. The molecule has 10 heteroatoms. The molecule has 2 aromatic rings. The molecule has 0 aliphatic heterocycles. The molecule has 2 N–H and O–H groups in total. The van der Waals surface area contributed by atoms with Gasteiger partial charge < -0.3 is 14.4 Å². The van der Waals surface area contributed by atoms with Gasteiger partial charge in [-0.3, -0.25) is 19.1 Å². The average molecular weight is 476 g/mol. The van der Waals surface area contributed by atoms with Gasteiger partial charge in [-0.2, -0.15) is 5.09 Å². The van der Waals surface area contributed by atoms with Gasteiger partial charge in [0.1, 0.15) is 17.5 Å². The Morgan fingerprint density at radius 2 is 2.00 bits per heavy atom. The number of carbonyl (C=O) groups is 2. The molecular formula is C23H29N2O7P. The molecule has 2 atom stereocenters. The normalized spacial score (nSPS) is 15.5. The molecule has 0 amide bonds. The van der Waals surface area contributed by atoms with E-state index in [2.05, 4.69) is 10.1 Å². The molecule has 0 fully saturated rings. The van der Waals surface area contributed by atoms with Crippen LogP contribution < -0.4 is 9.61 Å². The standard InChI is InChI=1S/C23H29N2O7P/c1-14(2)31-23(28)16(4)25-33(29,32-20-9-8-17-6-5-7-18(17)10-20)30-13-19-11-24-15(3)22(27)21(19)12-26/h8-12,14,16,27H,5-7,13H2,1-4H3,(H,25,29)/t16-,33?/m0/s1. The number of nitrogens with zero attached hydrogens (tertiary/aromatic N) is 1. The molecule has 33 heavy (non-hydrogen) atoms. The Morgan fingerprint density at radius 3 is 2.70 bits per heavy atom. The number of ether oxygens (including phenoxy) is 1. The van der Waals surface area contributed by atoms with E-state index in [9.17, 15) is 19.3 Å². The first kappa shape index (κ1) is 24.9. The molecule has 0 radical (unpaired) electrons. The SMILES string of the molecule is Cc1ncc(COP(=O)(N[C@@H](C)C(=O)OC(C)C)Oc2ccc3c(c2)CCC3)c(C=O)c1O. The minimum Gasteiger partial charge on any atom is -0.505 e. The number of benzene rings is 1. The highest BCUT2D eigenvalue weighted by Crippen LogP contribution is 2.46. The van der Waals surface area contributed by atoms with E-state index < -0.39 is 19.8 Å². The fraction of sp³-hybridized carbons (Fsp3) is 0.435. The van der Waals surface area contributed by atoms with Gasteiger partial charge in [-0.15, -0.1) is 0 Å². The van der Waals surface area contributed by atoms with Gasteiger partial charge >= 0.3 is 13.7 Å². The Kier molecular flexibility index (Phi) is 7.89. The Bertz CT molecular complexity index is 1090. The number of rotatable bonds is 10. The predicted molar refractivity (Wildman–Crippen MR) is 121 cm³/mol. The Labute approximate surface area is 193 Å². The smallest absolute Gasteiger partial charge is 0.459 e. The molecule has 1 aromatic carbocycles. The van der Waals surface area contributed by atoms with Crippen molar-refractivity contribution in [3.63, 3.8) is 0 Å². The van der Waals surface area contributed by atoms with Crippen molar-refractivity contribution in [3.8, 4) is 11.5 Å². The average Bonchev–Trinajstić information content (AvgIpc) is 3.22. The summed E-state index contributed by atoms with van der Waals surface area (Å²) < 4.78 is 30.2. The predicted octanol–water partition coefficient (Wildman–Crippen LogP) is 4.03. The molecular weight excluding hydrogens is 447 g/mol. The summed E-state index contributed by atoms with van der Waals surface area (Å²) in [5.41, 5.74) is 2.82. The molecule has 0 spiro atoms. The summed E-state index contributed by atoms with van der Waals surface area (Å²) in [5.74, 6) is -0.562. The summed E-state index contributed by atoms with van der Waals surface area (Å²) in [7, 11) is -4.12. The van der Waals surface area contributed by atoms with E-state index in [1.807, 2.05) is 12.1 Å². The number of nitrogens with one attached hydrogen (secondary N) is 1. The van der Waals surface area contributed by atoms with Crippen LogP contribution in [0.25, 0.3) is 0 Å². The van der Waals surface area contributed by atoms with Crippen molar-refractivity contribution in [1.82, 2.24) is 10.1 Å². The minimum atomic E-state index is -4.12. The van der Waals surface area contributed by atoms with Crippen LogP contribution in [0.4, 0.5) is 0 Å². The molecule has 1 aliphatic carbocycles. The second kappa shape index (κ2) is 10.5. The third kappa shape index (κ3) is 6.19. The molecule has 0 saturated carbocycles. The number of esters is 1. The second-order valence-electron chi connectivity index (χ2n) is 8.23. The summed E-state index contributed by atoms with van der Waals surface area (Å²) >= 11 is 0. The second-order valence-corrected chi connectivity index (χ2v) is 9.93. The van der Waals surface area contributed by atoms with Crippen LogP contribution in [0.15, 0.2) is 24.4 Å². The van der Waals surface area contributed by atoms with Gasteiger partial charge in [-0.25, -0.2) is 4.57 Å². The van der Waals surface area contributed by atoms with Crippen molar-refractivity contribution in [3.05, 3.63) is 52.3 Å². The quantitative estimate of drug-likeness (QED) is 0.297. The first-order valence-electron chi connectivity index (χ1n) is 10.8. The van der Waals surface area contributed by atoms with Crippen molar-refractivity contribution in [1.29, 1.82) is 0 Å². The van der Waals surface area contributed by atoms with Gasteiger partial charge in [0, 0.05) is 11.8 Å². The number of pyridine rings is 1. The van der Waals surface area contributed by atoms with Crippen LogP contribution in [0.2, 0.25) is 0 Å². The van der Waals surface area contributed by atoms with E-state index in [4.69, 9.17) is 13.8 Å². The van der Waals surface area contributed by atoms with E-state index in [0.29, 0.717) is 12.0 Å². The number of hydrogen-bond acceptors (Lipinski definition) is 8. The van der Waals surface area contributed by atoms with Crippen LogP contribution >= 0.6 is 7.75 Å². The van der Waals surface area contributed by atoms with Crippen molar-refractivity contribution >= 4 is 20.0 Å². The molecule has 1 unspecified atom stereocenters. The summed E-state index contributed by atoms with van der Waals surface area (Å²) in [6.07, 6.45) is 4.41. The molecule has 1 heterocycles. The van der Waals surface area contributed by atoms with Gasteiger partial charge in [0.25, 0.3) is 0 Å². The summed E-state index contributed by atoms with van der Waals surface area (Å²) in [6.45, 7) is 6.11. The number of fused-ring (bicyclic) bond motifs is 1. The zero-order valence-corrected chi connectivity index (χ0v) is 20.1. The highest BCUT2D eigenvalue weighted by Gasteiger charge is 2.33. The molecule has 3 rings (SSSR count). The lowest BCUT2D eigenvalue weighted by atomic mass is 10.1. The molecule has 9 nitrogen and oxygen atoms in total. The van der Waals surface area contributed by atoms with Crippen molar-refractivity contribution in [2.75, 3.05) is 0 Å². The largest absolute Gasteiger partial charge is 0.505 e. The van der Waals surface area contributed by atoms with Gasteiger partial charge in [0.15, 0.2) is 6.29 Å².